The van der Waals surface area contributed by atoms with E-state index in [2.05, 4.69) is 24.4 Å². The standard InChI is InChI=1S/C19H21NO3/c1-4-14-9-11-15(12-10-14)13(2)20-18(21)16-7-5-6-8-17(16)19(22)23-3/h5-13H,4H2,1-3H3,(H,20,21). The van der Waals surface area contributed by atoms with Crippen LogP contribution in [0.3, 0.4) is 0 Å². The highest BCUT2D eigenvalue weighted by Crippen LogP contribution is 2.16. The number of hydrogen-bond acceptors (Lipinski definition) is 3. The van der Waals surface area contributed by atoms with Gasteiger partial charge in [-0.3, -0.25) is 4.79 Å². The predicted molar refractivity (Wildman–Crippen MR) is 89.5 cm³/mol. The monoisotopic (exact) mass is 311 g/mol. The third-order valence-corrected chi connectivity index (χ3v) is 3.81. The fraction of sp³-hybridized carbons (Fsp3) is 0.263. The maximum absolute atomic E-state index is 12.5. The molecule has 0 aliphatic rings. The van der Waals surface area contributed by atoms with Crippen LogP contribution in [0.15, 0.2) is 48.5 Å². The maximum Gasteiger partial charge on any atom is 0.338 e. The van der Waals surface area contributed by atoms with Crippen LogP contribution >= 0.6 is 0 Å². The third kappa shape index (κ3) is 3.97. The molecule has 1 amide bonds. The molecule has 0 spiro atoms. The SMILES string of the molecule is CCc1ccc(C(C)NC(=O)c2ccccc2C(=O)OC)cc1. The minimum absolute atomic E-state index is 0.154. The van der Waals surface area contributed by atoms with Crippen LogP contribution in [-0.2, 0) is 11.2 Å². The molecule has 4 nitrogen and oxygen atoms in total. The van der Waals surface area contributed by atoms with Gasteiger partial charge in [-0.1, -0.05) is 43.3 Å². The van der Waals surface area contributed by atoms with Crippen molar-refractivity contribution in [2.45, 2.75) is 26.3 Å². The van der Waals surface area contributed by atoms with Crippen molar-refractivity contribution in [3.05, 3.63) is 70.8 Å². The molecule has 1 N–H and O–H groups in total. The first kappa shape index (κ1) is 16.7. The van der Waals surface area contributed by atoms with Crippen molar-refractivity contribution < 1.29 is 14.3 Å². The van der Waals surface area contributed by atoms with Crippen molar-refractivity contribution >= 4 is 11.9 Å². The lowest BCUT2D eigenvalue weighted by Crippen LogP contribution is -2.28. The summed E-state index contributed by atoms with van der Waals surface area (Å²) in [6, 6.07) is 14.6. The van der Waals surface area contributed by atoms with Crippen LogP contribution < -0.4 is 5.32 Å². The van der Waals surface area contributed by atoms with Gasteiger partial charge in [0.05, 0.1) is 24.3 Å². The van der Waals surface area contributed by atoms with Crippen molar-refractivity contribution in [2.75, 3.05) is 7.11 Å². The first-order chi connectivity index (χ1) is 11.1. The molecule has 2 rings (SSSR count). The van der Waals surface area contributed by atoms with Gasteiger partial charge in [-0.15, -0.1) is 0 Å². The van der Waals surface area contributed by atoms with Gasteiger partial charge in [-0.2, -0.15) is 0 Å². The van der Waals surface area contributed by atoms with Crippen molar-refractivity contribution in [1.82, 2.24) is 5.32 Å². The smallest absolute Gasteiger partial charge is 0.338 e. The van der Waals surface area contributed by atoms with E-state index in [0.717, 1.165) is 12.0 Å². The normalized spacial score (nSPS) is 11.6. The summed E-state index contributed by atoms with van der Waals surface area (Å²) in [5, 5.41) is 2.92. The van der Waals surface area contributed by atoms with Gasteiger partial charge >= 0.3 is 5.97 Å². The number of rotatable bonds is 5. The van der Waals surface area contributed by atoms with E-state index in [9.17, 15) is 9.59 Å². The first-order valence-corrected chi connectivity index (χ1v) is 7.63. The Kier molecular flexibility index (Phi) is 5.52. The average molecular weight is 311 g/mol. The number of hydrogen-bond donors (Lipinski definition) is 1. The molecule has 0 bridgehead atoms. The molecule has 0 aliphatic heterocycles. The molecule has 4 heteroatoms. The third-order valence-electron chi connectivity index (χ3n) is 3.81. The Morgan fingerprint density at radius 1 is 1.04 bits per heavy atom. The second-order valence-electron chi connectivity index (χ2n) is 5.33. The van der Waals surface area contributed by atoms with E-state index >= 15 is 0 Å². The molecule has 23 heavy (non-hydrogen) atoms. The summed E-state index contributed by atoms with van der Waals surface area (Å²) in [6.07, 6.45) is 0.980. The Labute approximate surface area is 136 Å². The number of carbonyl (C=O) groups is 2. The molecule has 2 aromatic rings. The first-order valence-electron chi connectivity index (χ1n) is 7.63. The molecular weight excluding hydrogens is 290 g/mol. The zero-order valence-corrected chi connectivity index (χ0v) is 13.6. The lowest BCUT2D eigenvalue weighted by molar-refractivity contribution is 0.0596. The van der Waals surface area contributed by atoms with Crippen molar-refractivity contribution in [1.29, 1.82) is 0 Å². The summed E-state index contributed by atoms with van der Waals surface area (Å²) in [4.78, 5) is 24.2. The summed E-state index contributed by atoms with van der Waals surface area (Å²) < 4.78 is 4.72. The number of aryl methyl sites for hydroxylation is 1. The van der Waals surface area contributed by atoms with Gasteiger partial charge in [0.1, 0.15) is 0 Å². The highest BCUT2D eigenvalue weighted by atomic mass is 16.5. The molecule has 0 fully saturated rings. The predicted octanol–water partition coefficient (Wildman–Crippen LogP) is 3.53. The molecule has 0 aromatic heterocycles. The Balaban J connectivity index is 2.16. The highest BCUT2D eigenvalue weighted by Gasteiger charge is 2.18. The second kappa shape index (κ2) is 7.58. The molecule has 0 heterocycles. The van der Waals surface area contributed by atoms with E-state index in [4.69, 9.17) is 4.74 Å². The van der Waals surface area contributed by atoms with Crippen LogP contribution in [0.25, 0.3) is 0 Å². The fourth-order valence-corrected chi connectivity index (χ4v) is 2.37. The Morgan fingerprint density at radius 2 is 1.65 bits per heavy atom. The zero-order valence-electron chi connectivity index (χ0n) is 13.6. The molecule has 0 radical (unpaired) electrons. The van der Waals surface area contributed by atoms with E-state index in [1.807, 2.05) is 19.1 Å². The number of amides is 1. The van der Waals surface area contributed by atoms with Crippen molar-refractivity contribution in [2.24, 2.45) is 0 Å². The van der Waals surface area contributed by atoms with E-state index in [-0.39, 0.29) is 17.5 Å². The van der Waals surface area contributed by atoms with Crippen molar-refractivity contribution in [3.8, 4) is 0 Å². The molecule has 1 atom stereocenters. The van der Waals surface area contributed by atoms with Gasteiger partial charge in [0.2, 0.25) is 0 Å². The van der Waals surface area contributed by atoms with Crippen LogP contribution in [0.4, 0.5) is 0 Å². The van der Waals surface area contributed by atoms with Gasteiger partial charge in [0.15, 0.2) is 0 Å². The summed E-state index contributed by atoms with van der Waals surface area (Å²) in [5.74, 6) is -0.811. The lowest BCUT2D eigenvalue weighted by Gasteiger charge is -2.16. The van der Waals surface area contributed by atoms with E-state index < -0.39 is 5.97 Å². The Morgan fingerprint density at radius 3 is 2.22 bits per heavy atom. The highest BCUT2D eigenvalue weighted by molar-refractivity contribution is 6.05. The van der Waals surface area contributed by atoms with Crippen LogP contribution in [0.2, 0.25) is 0 Å². The number of esters is 1. The second-order valence-corrected chi connectivity index (χ2v) is 5.33. The minimum atomic E-state index is -0.518. The summed E-state index contributed by atoms with van der Waals surface area (Å²) in [5.41, 5.74) is 2.85. The Bertz CT molecular complexity index is 692. The Hall–Kier alpha value is -2.62. The molecule has 0 aliphatic carbocycles. The van der Waals surface area contributed by atoms with Gasteiger partial charge in [0, 0.05) is 0 Å². The van der Waals surface area contributed by atoms with E-state index in [1.165, 1.54) is 12.7 Å². The van der Waals surface area contributed by atoms with Crippen molar-refractivity contribution in [3.63, 3.8) is 0 Å². The van der Waals surface area contributed by atoms with Crippen LogP contribution in [0, 0.1) is 0 Å². The molecule has 0 saturated carbocycles. The van der Waals surface area contributed by atoms with Gasteiger partial charge < -0.3 is 10.1 Å². The summed E-state index contributed by atoms with van der Waals surface area (Å²) >= 11 is 0. The fourth-order valence-electron chi connectivity index (χ4n) is 2.37. The number of carbonyl (C=O) groups excluding carboxylic acids is 2. The zero-order chi connectivity index (χ0) is 16.8. The summed E-state index contributed by atoms with van der Waals surface area (Å²) in [6.45, 7) is 4.02. The average Bonchev–Trinajstić information content (AvgIpc) is 2.61. The van der Waals surface area contributed by atoms with Crippen LogP contribution in [0.5, 0.6) is 0 Å². The summed E-state index contributed by atoms with van der Waals surface area (Å²) in [7, 11) is 1.30. The quantitative estimate of drug-likeness (QED) is 0.860. The minimum Gasteiger partial charge on any atom is -0.465 e. The topological polar surface area (TPSA) is 55.4 Å². The lowest BCUT2D eigenvalue weighted by atomic mass is 10.0. The van der Waals surface area contributed by atoms with Gasteiger partial charge in [0.25, 0.3) is 5.91 Å². The van der Waals surface area contributed by atoms with Gasteiger partial charge in [-0.05, 0) is 36.6 Å². The van der Waals surface area contributed by atoms with E-state index in [1.54, 1.807) is 24.3 Å². The molecule has 2 aromatic carbocycles. The molecule has 1 unspecified atom stereocenters. The largest absolute Gasteiger partial charge is 0.465 e. The maximum atomic E-state index is 12.5. The molecular formula is C19H21NO3. The number of methoxy groups -OCH3 is 1. The van der Waals surface area contributed by atoms with Gasteiger partial charge in [-0.25, -0.2) is 4.79 Å². The number of benzene rings is 2. The van der Waals surface area contributed by atoms with Crippen LogP contribution in [0.1, 0.15) is 51.7 Å². The number of nitrogens with one attached hydrogen (secondary N) is 1. The molecule has 120 valence electrons. The van der Waals surface area contributed by atoms with E-state index in [0.29, 0.717) is 5.56 Å². The number of ether oxygens (including phenoxy) is 1. The molecule has 0 saturated heterocycles. The van der Waals surface area contributed by atoms with Crippen LogP contribution in [-0.4, -0.2) is 19.0 Å².